The molecular formula is C10H19N3O4. The van der Waals surface area contributed by atoms with Gasteiger partial charge in [-0.05, 0) is 20.5 Å². The lowest BCUT2D eigenvalue weighted by Gasteiger charge is -2.26. The van der Waals surface area contributed by atoms with Gasteiger partial charge in [-0.3, -0.25) is 4.79 Å². The number of aliphatic hydroxyl groups excluding tert-OH is 1. The Balaban J connectivity index is 2.53. The van der Waals surface area contributed by atoms with Crippen LogP contribution in [-0.4, -0.2) is 77.9 Å². The van der Waals surface area contributed by atoms with Gasteiger partial charge in [-0.1, -0.05) is 0 Å². The molecule has 0 aromatic rings. The zero-order valence-electron chi connectivity index (χ0n) is 10.1. The van der Waals surface area contributed by atoms with Crippen LogP contribution in [0.4, 0.5) is 4.79 Å². The number of β-amino-alcohol motifs (C(OH)–C–C–N with tert-alkyl or cyclic N) is 1. The van der Waals surface area contributed by atoms with Crippen LogP contribution >= 0.6 is 0 Å². The van der Waals surface area contributed by atoms with Crippen LogP contribution in [0, 0.1) is 0 Å². The Morgan fingerprint density at radius 1 is 1.47 bits per heavy atom. The molecule has 0 aliphatic carbocycles. The van der Waals surface area contributed by atoms with E-state index in [0.717, 1.165) is 0 Å². The first-order chi connectivity index (χ1) is 7.90. The van der Waals surface area contributed by atoms with E-state index in [1.807, 2.05) is 19.0 Å². The number of carboxylic acid groups (broad SMARTS) is 1. The van der Waals surface area contributed by atoms with Gasteiger partial charge in [0, 0.05) is 19.1 Å². The van der Waals surface area contributed by atoms with Crippen molar-refractivity contribution in [3.8, 4) is 0 Å². The normalized spacial score (nSPS) is 24.1. The smallest absolute Gasteiger partial charge is 0.323 e. The topological polar surface area (TPSA) is 93.1 Å². The quantitative estimate of drug-likeness (QED) is 0.577. The van der Waals surface area contributed by atoms with Crippen molar-refractivity contribution in [2.75, 3.05) is 33.7 Å². The van der Waals surface area contributed by atoms with Gasteiger partial charge in [-0.15, -0.1) is 0 Å². The number of hydrogen-bond acceptors (Lipinski definition) is 4. The van der Waals surface area contributed by atoms with E-state index < -0.39 is 24.6 Å². The summed E-state index contributed by atoms with van der Waals surface area (Å²) in [7, 11) is 3.77. The summed E-state index contributed by atoms with van der Waals surface area (Å²) in [6.07, 6.45) is -0.00546. The van der Waals surface area contributed by atoms with Crippen LogP contribution in [0.25, 0.3) is 0 Å². The molecule has 1 heterocycles. The molecule has 0 bridgehead atoms. The second kappa shape index (κ2) is 5.83. The van der Waals surface area contributed by atoms with Crippen LogP contribution < -0.4 is 5.32 Å². The van der Waals surface area contributed by atoms with Crippen molar-refractivity contribution in [1.29, 1.82) is 0 Å². The number of aliphatic hydroxyl groups is 1. The van der Waals surface area contributed by atoms with Gasteiger partial charge in [0.2, 0.25) is 0 Å². The fourth-order valence-corrected chi connectivity index (χ4v) is 1.99. The summed E-state index contributed by atoms with van der Waals surface area (Å²) in [5.74, 6) is -1.08. The summed E-state index contributed by atoms with van der Waals surface area (Å²) in [5.41, 5.74) is 0. The number of nitrogens with one attached hydrogen (secondary N) is 1. The van der Waals surface area contributed by atoms with E-state index in [0.29, 0.717) is 13.0 Å². The lowest BCUT2D eigenvalue weighted by Crippen LogP contribution is -2.47. The third-order valence-electron chi connectivity index (χ3n) is 2.62. The molecule has 0 aromatic heterocycles. The molecule has 3 N–H and O–H groups in total. The maximum atomic E-state index is 11.7. The van der Waals surface area contributed by atoms with Gasteiger partial charge in [-0.2, -0.15) is 0 Å². The van der Waals surface area contributed by atoms with Crippen molar-refractivity contribution in [1.82, 2.24) is 15.1 Å². The van der Waals surface area contributed by atoms with Gasteiger partial charge in [0.1, 0.15) is 6.54 Å². The minimum Gasteiger partial charge on any atom is -0.480 e. The Labute approximate surface area is 100.0 Å². The molecule has 2 amide bonds. The standard InChI is InChI=1S/C10H19N3O4/c1-12(2)5-7-3-8(14)6-13(7)10(17)11-4-9(15)16/h7-8,14H,3-6H2,1-2H3,(H,11,17)(H,15,16). The zero-order chi connectivity index (χ0) is 13.0. The second-order valence-electron chi connectivity index (χ2n) is 4.51. The lowest BCUT2D eigenvalue weighted by molar-refractivity contribution is -0.135. The number of urea groups is 1. The van der Waals surface area contributed by atoms with Crippen molar-refractivity contribution in [3.63, 3.8) is 0 Å². The first kappa shape index (κ1) is 13.7. The van der Waals surface area contributed by atoms with Crippen LogP contribution in [-0.2, 0) is 4.79 Å². The molecule has 1 rings (SSSR count). The highest BCUT2D eigenvalue weighted by molar-refractivity contribution is 5.80. The van der Waals surface area contributed by atoms with Crippen LogP contribution in [0.5, 0.6) is 0 Å². The Kier molecular flexibility index (Phi) is 4.71. The number of nitrogens with zero attached hydrogens (tertiary/aromatic N) is 2. The number of carbonyl (C=O) groups excluding carboxylic acids is 1. The summed E-state index contributed by atoms with van der Waals surface area (Å²) in [5, 5.41) is 20.3. The monoisotopic (exact) mass is 245 g/mol. The largest absolute Gasteiger partial charge is 0.480 e. The Bertz CT molecular complexity index is 295. The van der Waals surface area contributed by atoms with Gasteiger partial charge in [0.05, 0.1) is 6.10 Å². The van der Waals surface area contributed by atoms with Crippen molar-refractivity contribution < 1.29 is 19.8 Å². The summed E-state index contributed by atoms with van der Waals surface area (Å²) in [4.78, 5) is 25.5. The molecule has 2 atom stereocenters. The molecule has 98 valence electrons. The molecule has 1 aliphatic rings. The van der Waals surface area contributed by atoms with E-state index >= 15 is 0 Å². The van der Waals surface area contributed by atoms with Crippen molar-refractivity contribution in [3.05, 3.63) is 0 Å². The summed E-state index contributed by atoms with van der Waals surface area (Å²) >= 11 is 0. The SMILES string of the molecule is CN(C)CC1CC(O)CN1C(=O)NCC(=O)O. The number of likely N-dealkylation sites (N-methyl/N-ethyl adjacent to an activating group) is 1. The summed E-state index contributed by atoms with van der Waals surface area (Å²) in [6.45, 7) is 0.502. The lowest BCUT2D eigenvalue weighted by atomic mass is 10.2. The highest BCUT2D eigenvalue weighted by atomic mass is 16.4. The van der Waals surface area contributed by atoms with Crippen LogP contribution in [0.3, 0.4) is 0 Å². The van der Waals surface area contributed by atoms with Gasteiger partial charge >= 0.3 is 12.0 Å². The number of amides is 2. The van der Waals surface area contributed by atoms with Crippen molar-refractivity contribution in [2.24, 2.45) is 0 Å². The molecule has 0 spiro atoms. The molecule has 0 aromatic carbocycles. The molecular weight excluding hydrogens is 226 g/mol. The predicted molar refractivity (Wildman–Crippen MR) is 60.7 cm³/mol. The van der Waals surface area contributed by atoms with Gasteiger partial charge < -0.3 is 25.3 Å². The summed E-state index contributed by atoms with van der Waals surface area (Å²) < 4.78 is 0. The molecule has 7 nitrogen and oxygen atoms in total. The van der Waals surface area contributed by atoms with E-state index in [4.69, 9.17) is 5.11 Å². The molecule has 1 aliphatic heterocycles. The van der Waals surface area contributed by atoms with Gasteiger partial charge in [0.15, 0.2) is 0 Å². The molecule has 1 saturated heterocycles. The average molecular weight is 245 g/mol. The highest BCUT2D eigenvalue weighted by Gasteiger charge is 2.34. The van der Waals surface area contributed by atoms with Crippen LogP contribution in [0.2, 0.25) is 0 Å². The minimum absolute atomic E-state index is 0.0752. The van der Waals surface area contributed by atoms with Crippen LogP contribution in [0.15, 0.2) is 0 Å². The molecule has 2 unspecified atom stereocenters. The van der Waals surface area contributed by atoms with Gasteiger partial charge in [0.25, 0.3) is 0 Å². The van der Waals surface area contributed by atoms with E-state index in [9.17, 15) is 14.7 Å². The number of carbonyl (C=O) groups is 2. The van der Waals surface area contributed by atoms with E-state index in [1.54, 1.807) is 0 Å². The third kappa shape index (κ3) is 4.20. The van der Waals surface area contributed by atoms with E-state index in [-0.39, 0.29) is 12.6 Å². The third-order valence-corrected chi connectivity index (χ3v) is 2.62. The van der Waals surface area contributed by atoms with Crippen LogP contribution in [0.1, 0.15) is 6.42 Å². The molecule has 0 saturated carbocycles. The number of likely N-dealkylation sites (tertiary alicyclic amines) is 1. The highest BCUT2D eigenvalue weighted by Crippen LogP contribution is 2.18. The first-order valence-corrected chi connectivity index (χ1v) is 5.49. The molecule has 7 heteroatoms. The number of carboxylic acids is 1. The van der Waals surface area contributed by atoms with Gasteiger partial charge in [-0.25, -0.2) is 4.79 Å². The Hall–Kier alpha value is -1.34. The van der Waals surface area contributed by atoms with Crippen molar-refractivity contribution >= 4 is 12.0 Å². The molecule has 17 heavy (non-hydrogen) atoms. The average Bonchev–Trinajstić information content (AvgIpc) is 2.54. The van der Waals surface area contributed by atoms with Crippen molar-refractivity contribution in [2.45, 2.75) is 18.6 Å². The Morgan fingerprint density at radius 2 is 2.12 bits per heavy atom. The number of rotatable bonds is 4. The maximum Gasteiger partial charge on any atom is 0.323 e. The zero-order valence-corrected chi connectivity index (χ0v) is 10.1. The maximum absolute atomic E-state index is 11.7. The van der Waals surface area contributed by atoms with E-state index in [1.165, 1.54) is 4.90 Å². The summed E-state index contributed by atoms with van der Waals surface area (Å²) in [6, 6.07) is -0.510. The fraction of sp³-hybridized carbons (Fsp3) is 0.800. The fourth-order valence-electron chi connectivity index (χ4n) is 1.99. The Morgan fingerprint density at radius 3 is 2.65 bits per heavy atom. The molecule has 0 radical (unpaired) electrons. The minimum atomic E-state index is -1.08. The second-order valence-corrected chi connectivity index (χ2v) is 4.51. The van der Waals surface area contributed by atoms with E-state index in [2.05, 4.69) is 5.32 Å². The molecule has 1 fully saturated rings. The number of hydrogen-bond donors (Lipinski definition) is 3. The first-order valence-electron chi connectivity index (χ1n) is 5.49. The number of aliphatic carboxylic acids is 1. The predicted octanol–water partition coefficient (Wildman–Crippen LogP) is -1.22.